The summed E-state index contributed by atoms with van der Waals surface area (Å²) in [4.78, 5) is 0. The molecule has 2 aromatic rings. The minimum absolute atomic E-state index is 0.232. The highest BCUT2D eigenvalue weighted by Crippen LogP contribution is 2.13. The van der Waals surface area contributed by atoms with Crippen LogP contribution in [0.5, 0.6) is 0 Å². The minimum Gasteiger partial charge on any atom is -0.387 e. The van der Waals surface area contributed by atoms with E-state index in [1.54, 1.807) is 12.1 Å². The van der Waals surface area contributed by atoms with E-state index in [2.05, 4.69) is 12.2 Å². The molecule has 0 bridgehead atoms. The largest absolute Gasteiger partial charge is 0.387 e. The number of hydrogen-bond donors (Lipinski definition) is 2. The van der Waals surface area contributed by atoms with Crippen LogP contribution in [0.15, 0.2) is 48.5 Å². The number of aliphatic hydroxyl groups is 1. The Kier molecular flexibility index (Phi) is 5.27. The van der Waals surface area contributed by atoms with E-state index in [1.165, 1.54) is 17.7 Å². The van der Waals surface area contributed by atoms with Gasteiger partial charge in [0, 0.05) is 13.1 Å². The zero-order chi connectivity index (χ0) is 14.4. The second kappa shape index (κ2) is 7.17. The van der Waals surface area contributed by atoms with Crippen molar-refractivity contribution in [2.75, 3.05) is 6.54 Å². The van der Waals surface area contributed by atoms with Crippen LogP contribution in [0.25, 0.3) is 0 Å². The number of aliphatic hydroxyl groups excluding tert-OH is 1. The van der Waals surface area contributed by atoms with Crippen LogP contribution in [-0.2, 0) is 13.0 Å². The van der Waals surface area contributed by atoms with Gasteiger partial charge in [-0.15, -0.1) is 0 Å². The highest BCUT2D eigenvalue weighted by molar-refractivity contribution is 5.24. The number of nitrogens with one attached hydrogen (secondary N) is 1. The van der Waals surface area contributed by atoms with Gasteiger partial charge in [0.15, 0.2) is 0 Å². The molecule has 0 amide bonds. The second-order valence-corrected chi connectivity index (χ2v) is 4.87. The lowest BCUT2D eigenvalue weighted by molar-refractivity contribution is 0.174. The third-order valence-corrected chi connectivity index (χ3v) is 3.35. The van der Waals surface area contributed by atoms with Crippen molar-refractivity contribution in [1.29, 1.82) is 0 Å². The molecule has 0 saturated heterocycles. The molecule has 0 fully saturated rings. The van der Waals surface area contributed by atoms with Crippen molar-refractivity contribution >= 4 is 0 Å². The van der Waals surface area contributed by atoms with Crippen molar-refractivity contribution in [2.24, 2.45) is 0 Å². The van der Waals surface area contributed by atoms with Crippen molar-refractivity contribution < 1.29 is 9.50 Å². The molecule has 1 atom stereocenters. The zero-order valence-electron chi connectivity index (χ0n) is 11.6. The summed E-state index contributed by atoms with van der Waals surface area (Å²) >= 11 is 0. The molecule has 106 valence electrons. The summed E-state index contributed by atoms with van der Waals surface area (Å²) in [6, 6.07) is 14.4. The van der Waals surface area contributed by atoms with Crippen molar-refractivity contribution in [1.82, 2.24) is 5.32 Å². The monoisotopic (exact) mass is 273 g/mol. The first-order valence-corrected chi connectivity index (χ1v) is 6.91. The molecule has 0 saturated carbocycles. The maximum absolute atomic E-state index is 12.8. The molecule has 20 heavy (non-hydrogen) atoms. The fourth-order valence-corrected chi connectivity index (χ4v) is 2.05. The van der Waals surface area contributed by atoms with Crippen LogP contribution in [0.2, 0.25) is 0 Å². The minimum atomic E-state index is -0.527. The van der Waals surface area contributed by atoms with E-state index in [9.17, 15) is 9.50 Å². The topological polar surface area (TPSA) is 32.3 Å². The SMILES string of the molecule is CCc1ccc(C(O)CNCc2ccc(F)cc2)cc1. The number of benzene rings is 2. The Morgan fingerprint density at radius 1 is 1.00 bits per heavy atom. The van der Waals surface area contributed by atoms with Crippen LogP contribution >= 0.6 is 0 Å². The van der Waals surface area contributed by atoms with E-state index < -0.39 is 6.10 Å². The van der Waals surface area contributed by atoms with Crippen LogP contribution in [0.4, 0.5) is 4.39 Å². The number of rotatable bonds is 6. The van der Waals surface area contributed by atoms with E-state index in [0.29, 0.717) is 13.1 Å². The Morgan fingerprint density at radius 3 is 2.20 bits per heavy atom. The van der Waals surface area contributed by atoms with Gasteiger partial charge in [0.05, 0.1) is 6.10 Å². The molecule has 2 rings (SSSR count). The lowest BCUT2D eigenvalue weighted by Crippen LogP contribution is -2.21. The molecule has 0 aliphatic carbocycles. The summed E-state index contributed by atoms with van der Waals surface area (Å²) in [5.41, 5.74) is 3.17. The third kappa shape index (κ3) is 4.15. The van der Waals surface area contributed by atoms with Gasteiger partial charge in [-0.05, 0) is 35.2 Å². The molecule has 1 unspecified atom stereocenters. The molecular formula is C17H20FNO. The molecular weight excluding hydrogens is 253 g/mol. The second-order valence-electron chi connectivity index (χ2n) is 4.87. The molecule has 0 aromatic heterocycles. The van der Waals surface area contributed by atoms with Crippen LogP contribution in [-0.4, -0.2) is 11.7 Å². The number of aryl methyl sites for hydroxylation is 1. The van der Waals surface area contributed by atoms with Gasteiger partial charge in [-0.2, -0.15) is 0 Å². The molecule has 0 radical (unpaired) electrons. The maximum Gasteiger partial charge on any atom is 0.123 e. The normalized spacial score (nSPS) is 12.3. The van der Waals surface area contributed by atoms with E-state index in [1.807, 2.05) is 24.3 Å². The first kappa shape index (κ1) is 14.7. The van der Waals surface area contributed by atoms with Crippen molar-refractivity contribution in [3.8, 4) is 0 Å². The van der Waals surface area contributed by atoms with E-state index in [0.717, 1.165) is 17.5 Å². The highest BCUT2D eigenvalue weighted by atomic mass is 19.1. The Bertz CT molecular complexity index is 522. The predicted octanol–water partition coefficient (Wildman–Crippen LogP) is 3.21. The zero-order valence-corrected chi connectivity index (χ0v) is 11.6. The van der Waals surface area contributed by atoms with E-state index in [4.69, 9.17) is 0 Å². The summed E-state index contributed by atoms with van der Waals surface area (Å²) in [6.07, 6.45) is 0.473. The van der Waals surface area contributed by atoms with Crippen molar-refractivity contribution in [3.05, 3.63) is 71.0 Å². The molecule has 0 spiro atoms. The molecule has 0 aliphatic heterocycles. The summed E-state index contributed by atoms with van der Waals surface area (Å²) in [5, 5.41) is 13.3. The quantitative estimate of drug-likeness (QED) is 0.847. The fraction of sp³-hybridized carbons (Fsp3) is 0.294. The summed E-state index contributed by atoms with van der Waals surface area (Å²) in [7, 11) is 0. The molecule has 0 heterocycles. The van der Waals surface area contributed by atoms with Crippen molar-refractivity contribution in [3.63, 3.8) is 0 Å². The maximum atomic E-state index is 12.8. The van der Waals surface area contributed by atoms with Gasteiger partial charge >= 0.3 is 0 Å². The average molecular weight is 273 g/mol. The first-order chi connectivity index (χ1) is 9.69. The Labute approximate surface area is 119 Å². The Hall–Kier alpha value is -1.71. The number of hydrogen-bond acceptors (Lipinski definition) is 2. The molecule has 2 aromatic carbocycles. The van der Waals surface area contributed by atoms with Gasteiger partial charge in [0.25, 0.3) is 0 Å². The van der Waals surface area contributed by atoms with Gasteiger partial charge in [-0.25, -0.2) is 4.39 Å². The standard InChI is InChI=1S/C17H20FNO/c1-2-13-3-7-15(8-4-13)17(20)12-19-11-14-5-9-16(18)10-6-14/h3-10,17,19-20H,2,11-12H2,1H3. The molecule has 2 nitrogen and oxygen atoms in total. The van der Waals surface area contributed by atoms with Gasteiger partial charge in [-0.1, -0.05) is 43.3 Å². The molecule has 0 aliphatic rings. The summed E-state index contributed by atoms with van der Waals surface area (Å²) < 4.78 is 12.8. The van der Waals surface area contributed by atoms with Crippen LogP contribution in [0.1, 0.15) is 29.7 Å². The van der Waals surface area contributed by atoms with Crippen molar-refractivity contribution in [2.45, 2.75) is 26.0 Å². The predicted molar refractivity (Wildman–Crippen MR) is 78.9 cm³/mol. The first-order valence-electron chi connectivity index (χ1n) is 6.91. The van der Waals surface area contributed by atoms with Crippen LogP contribution < -0.4 is 5.32 Å². The number of halogens is 1. The summed E-state index contributed by atoms with van der Waals surface area (Å²) in [6.45, 7) is 3.20. The Balaban J connectivity index is 1.82. The van der Waals surface area contributed by atoms with Gasteiger partial charge in [-0.3, -0.25) is 0 Å². The smallest absolute Gasteiger partial charge is 0.123 e. The van der Waals surface area contributed by atoms with Gasteiger partial charge in [0.1, 0.15) is 5.82 Å². The highest BCUT2D eigenvalue weighted by Gasteiger charge is 2.06. The van der Waals surface area contributed by atoms with E-state index >= 15 is 0 Å². The molecule has 3 heteroatoms. The lowest BCUT2D eigenvalue weighted by Gasteiger charge is -2.13. The van der Waals surface area contributed by atoms with Gasteiger partial charge in [0.2, 0.25) is 0 Å². The Morgan fingerprint density at radius 2 is 1.60 bits per heavy atom. The van der Waals surface area contributed by atoms with Gasteiger partial charge < -0.3 is 10.4 Å². The summed E-state index contributed by atoms with van der Waals surface area (Å²) in [5.74, 6) is -0.232. The fourth-order valence-electron chi connectivity index (χ4n) is 2.05. The molecule has 2 N–H and O–H groups in total. The average Bonchev–Trinajstić information content (AvgIpc) is 2.49. The lowest BCUT2D eigenvalue weighted by atomic mass is 10.1. The van der Waals surface area contributed by atoms with E-state index in [-0.39, 0.29) is 5.82 Å². The third-order valence-electron chi connectivity index (χ3n) is 3.35. The van der Waals surface area contributed by atoms with Crippen LogP contribution in [0, 0.1) is 5.82 Å². The van der Waals surface area contributed by atoms with Crippen LogP contribution in [0.3, 0.4) is 0 Å².